The third kappa shape index (κ3) is 1.65. The van der Waals surface area contributed by atoms with Crippen LogP contribution < -0.4 is 0 Å². The Morgan fingerprint density at radius 1 is 1.32 bits per heavy atom. The van der Waals surface area contributed by atoms with Crippen molar-refractivity contribution >= 4 is 28.2 Å². The summed E-state index contributed by atoms with van der Waals surface area (Å²) in [5, 5.41) is 12.1. The molecule has 2 aromatic rings. The Kier molecular flexibility index (Phi) is 2.47. The maximum atomic E-state index is 10.0. The van der Waals surface area contributed by atoms with Crippen LogP contribution in [0.4, 0.5) is 0 Å². The van der Waals surface area contributed by atoms with Gasteiger partial charge in [0.15, 0.2) is 0 Å². The Balaban J connectivity index is 2.11. The van der Waals surface area contributed by atoms with E-state index in [2.05, 4.69) is 15.6 Å². The molecule has 0 fully saturated rings. The number of nitrogens with zero attached hydrogens (tertiary/aromatic N) is 2. The molecular formula is C15H15ClN2O. The third-order valence-corrected chi connectivity index (χ3v) is 4.37. The van der Waals surface area contributed by atoms with Crippen molar-refractivity contribution in [2.75, 3.05) is 6.54 Å². The zero-order valence-corrected chi connectivity index (χ0v) is 11.3. The van der Waals surface area contributed by atoms with Crippen molar-refractivity contribution in [2.24, 2.45) is 4.99 Å². The van der Waals surface area contributed by atoms with Crippen molar-refractivity contribution in [3.8, 4) is 0 Å². The van der Waals surface area contributed by atoms with Crippen LogP contribution in [0.15, 0.2) is 23.2 Å². The molecule has 4 rings (SSSR count). The molecule has 1 aromatic heterocycles. The molecular weight excluding hydrogens is 260 g/mol. The Morgan fingerprint density at radius 3 is 3.11 bits per heavy atom. The number of aliphatic hydroxyl groups excluding tert-OH is 1. The molecule has 1 aliphatic heterocycles. The van der Waals surface area contributed by atoms with Crippen molar-refractivity contribution in [3.05, 3.63) is 34.5 Å². The first-order chi connectivity index (χ1) is 9.24. The highest BCUT2D eigenvalue weighted by molar-refractivity contribution is 6.31. The number of benzene rings is 1. The molecule has 2 aliphatic rings. The van der Waals surface area contributed by atoms with Crippen LogP contribution in [-0.2, 0) is 13.0 Å². The van der Waals surface area contributed by atoms with Crippen LogP contribution in [-0.4, -0.2) is 28.0 Å². The largest absolute Gasteiger partial charge is 0.389 e. The topological polar surface area (TPSA) is 37.5 Å². The van der Waals surface area contributed by atoms with E-state index in [-0.39, 0.29) is 0 Å². The Morgan fingerprint density at radius 2 is 2.21 bits per heavy atom. The van der Waals surface area contributed by atoms with Gasteiger partial charge < -0.3 is 9.67 Å². The Labute approximate surface area is 116 Å². The molecule has 19 heavy (non-hydrogen) atoms. The first-order valence-electron chi connectivity index (χ1n) is 6.76. The molecule has 0 saturated heterocycles. The number of aromatic nitrogens is 1. The van der Waals surface area contributed by atoms with Crippen LogP contribution in [0.3, 0.4) is 0 Å². The van der Waals surface area contributed by atoms with Crippen LogP contribution in [0.1, 0.15) is 24.1 Å². The third-order valence-electron chi connectivity index (χ3n) is 4.13. The Hall–Kier alpha value is -1.32. The van der Waals surface area contributed by atoms with Gasteiger partial charge in [0.25, 0.3) is 0 Å². The molecule has 1 N–H and O–H groups in total. The fourth-order valence-electron chi connectivity index (χ4n) is 3.36. The first kappa shape index (κ1) is 11.5. The maximum Gasteiger partial charge on any atom is 0.0914 e. The van der Waals surface area contributed by atoms with E-state index in [1.165, 1.54) is 16.6 Å². The summed E-state index contributed by atoms with van der Waals surface area (Å²) in [6.07, 6.45) is 2.85. The van der Waals surface area contributed by atoms with Gasteiger partial charge in [0.05, 0.1) is 36.1 Å². The van der Waals surface area contributed by atoms with Gasteiger partial charge in [-0.25, -0.2) is 0 Å². The fourth-order valence-corrected chi connectivity index (χ4v) is 3.52. The number of hydrogen-bond acceptors (Lipinski definition) is 2. The minimum absolute atomic E-state index is 0.406. The smallest absolute Gasteiger partial charge is 0.0914 e. The lowest BCUT2D eigenvalue weighted by Gasteiger charge is -2.16. The second kappa shape index (κ2) is 4.09. The summed E-state index contributed by atoms with van der Waals surface area (Å²) in [5.74, 6) is 0. The summed E-state index contributed by atoms with van der Waals surface area (Å²) >= 11 is 6.14. The van der Waals surface area contributed by atoms with Crippen LogP contribution >= 0.6 is 11.6 Å². The SMILES string of the molecule is OC1CN=C2CCCc3c2n(c2cc(Cl)ccc32)C1. The van der Waals surface area contributed by atoms with Gasteiger partial charge in [-0.1, -0.05) is 17.7 Å². The minimum Gasteiger partial charge on any atom is -0.389 e. The van der Waals surface area contributed by atoms with Gasteiger partial charge in [0, 0.05) is 10.4 Å². The van der Waals surface area contributed by atoms with E-state index in [0.717, 1.165) is 35.5 Å². The molecule has 0 amide bonds. The molecule has 0 bridgehead atoms. The van der Waals surface area contributed by atoms with E-state index in [9.17, 15) is 5.11 Å². The number of rotatable bonds is 0. The van der Waals surface area contributed by atoms with E-state index < -0.39 is 6.10 Å². The lowest BCUT2D eigenvalue weighted by molar-refractivity contribution is 0.166. The van der Waals surface area contributed by atoms with Gasteiger partial charge in [0.2, 0.25) is 0 Å². The normalized spacial score (nSPS) is 22.0. The summed E-state index contributed by atoms with van der Waals surface area (Å²) in [7, 11) is 0. The molecule has 1 unspecified atom stereocenters. The van der Waals surface area contributed by atoms with Crippen LogP contribution in [0.2, 0.25) is 5.02 Å². The number of hydrogen-bond donors (Lipinski definition) is 1. The van der Waals surface area contributed by atoms with Crippen molar-refractivity contribution in [2.45, 2.75) is 31.9 Å². The molecule has 0 spiro atoms. The average molecular weight is 275 g/mol. The standard InChI is InChI=1S/C15H15ClN2O/c16-9-4-5-11-12-2-1-3-13-15(12)18(14(11)6-9)8-10(19)7-17-13/h4-6,10,19H,1-3,7-8H2. The molecule has 2 heterocycles. The van der Waals surface area contributed by atoms with E-state index in [1.54, 1.807) is 0 Å². The first-order valence-corrected chi connectivity index (χ1v) is 7.14. The maximum absolute atomic E-state index is 10.0. The minimum atomic E-state index is -0.406. The van der Waals surface area contributed by atoms with Gasteiger partial charge in [-0.05, 0) is 37.0 Å². The van der Waals surface area contributed by atoms with Gasteiger partial charge in [-0.15, -0.1) is 0 Å². The Bertz CT molecular complexity index is 702. The molecule has 1 atom stereocenters. The van der Waals surface area contributed by atoms with E-state index in [0.29, 0.717) is 13.1 Å². The molecule has 0 radical (unpaired) electrons. The fraction of sp³-hybridized carbons (Fsp3) is 0.400. The highest BCUT2D eigenvalue weighted by Gasteiger charge is 2.27. The predicted molar refractivity (Wildman–Crippen MR) is 77.3 cm³/mol. The van der Waals surface area contributed by atoms with Crippen LogP contribution in [0.25, 0.3) is 10.9 Å². The number of halogens is 1. The zero-order chi connectivity index (χ0) is 13.0. The highest BCUT2D eigenvalue weighted by Crippen LogP contribution is 2.35. The summed E-state index contributed by atoms with van der Waals surface area (Å²) in [5.41, 5.74) is 4.91. The monoisotopic (exact) mass is 274 g/mol. The summed E-state index contributed by atoms with van der Waals surface area (Å²) in [4.78, 5) is 4.61. The zero-order valence-electron chi connectivity index (χ0n) is 10.6. The lowest BCUT2D eigenvalue weighted by atomic mass is 9.94. The van der Waals surface area contributed by atoms with Crippen molar-refractivity contribution in [1.82, 2.24) is 4.57 Å². The van der Waals surface area contributed by atoms with Crippen LogP contribution in [0, 0.1) is 0 Å². The van der Waals surface area contributed by atoms with Gasteiger partial charge in [-0.2, -0.15) is 0 Å². The predicted octanol–water partition coefficient (Wildman–Crippen LogP) is 2.79. The number of aliphatic imine (C=N–C) groups is 1. The van der Waals surface area contributed by atoms with Crippen molar-refractivity contribution in [1.29, 1.82) is 0 Å². The van der Waals surface area contributed by atoms with Crippen LogP contribution in [0.5, 0.6) is 0 Å². The molecule has 4 heteroatoms. The average Bonchev–Trinajstić information content (AvgIpc) is 2.60. The summed E-state index contributed by atoms with van der Waals surface area (Å²) in [6, 6.07) is 6.05. The molecule has 0 saturated carbocycles. The summed E-state index contributed by atoms with van der Waals surface area (Å²) in [6.45, 7) is 1.12. The second-order valence-corrected chi connectivity index (χ2v) is 5.83. The van der Waals surface area contributed by atoms with Crippen molar-refractivity contribution in [3.63, 3.8) is 0 Å². The van der Waals surface area contributed by atoms with E-state index >= 15 is 0 Å². The highest BCUT2D eigenvalue weighted by atomic mass is 35.5. The quantitative estimate of drug-likeness (QED) is 0.788. The molecule has 98 valence electrons. The summed E-state index contributed by atoms with van der Waals surface area (Å²) < 4.78 is 2.21. The lowest BCUT2D eigenvalue weighted by Crippen LogP contribution is -2.18. The van der Waals surface area contributed by atoms with E-state index in [4.69, 9.17) is 11.6 Å². The molecule has 3 nitrogen and oxygen atoms in total. The second-order valence-electron chi connectivity index (χ2n) is 5.39. The number of aryl methyl sites for hydroxylation is 1. The molecule has 1 aliphatic carbocycles. The van der Waals surface area contributed by atoms with Gasteiger partial charge in [0.1, 0.15) is 0 Å². The van der Waals surface area contributed by atoms with Gasteiger partial charge in [-0.3, -0.25) is 4.99 Å². The van der Waals surface area contributed by atoms with E-state index in [1.807, 2.05) is 12.1 Å². The molecule has 1 aromatic carbocycles. The number of aliphatic hydroxyl groups is 1. The van der Waals surface area contributed by atoms with Gasteiger partial charge >= 0.3 is 0 Å². The number of fused-ring (bicyclic) bond motifs is 3. The van der Waals surface area contributed by atoms with Crippen molar-refractivity contribution < 1.29 is 5.11 Å².